The number of anilines is 1. The van der Waals surface area contributed by atoms with Crippen LogP contribution in [0.2, 0.25) is 5.15 Å². The molecule has 32 heavy (non-hydrogen) atoms. The van der Waals surface area contributed by atoms with Crippen LogP contribution in [0.25, 0.3) is 5.65 Å². The molecule has 8 heteroatoms. The molecule has 0 radical (unpaired) electrons. The van der Waals surface area contributed by atoms with Gasteiger partial charge in [-0.2, -0.15) is 5.10 Å². The molecule has 1 fully saturated rings. The Kier molecular flexibility index (Phi) is 6.70. The molecule has 3 heterocycles. The van der Waals surface area contributed by atoms with Gasteiger partial charge in [0.1, 0.15) is 5.82 Å². The highest BCUT2D eigenvalue weighted by molar-refractivity contribution is 6.29. The minimum absolute atomic E-state index is 0.160. The van der Waals surface area contributed by atoms with Crippen LogP contribution in [0.5, 0.6) is 0 Å². The molecule has 0 amide bonds. The number of nitrogens with one attached hydrogen (secondary N) is 1. The molecule has 1 aliphatic heterocycles. The lowest BCUT2D eigenvalue weighted by molar-refractivity contribution is -0.169. The maximum absolute atomic E-state index is 14.8. The first kappa shape index (κ1) is 23.0. The van der Waals surface area contributed by atoms with E-state index in [1.54, 1.807) is 16.6 Å². The predicted molar refractivity (Wildman–Crippen MR) is 124 cm³/mol. The van der Waals surface area contributed by atoms with Gasteiger partial charge in [0.2, 0.25) is 0 Å². The zero-order valence-electron chi connectivity index (χ0n) is 19.0. The Morgan fingerprint density at radius 3 is 2.84 bits per heavy atom. The van der Waals surface area contributed by atoms with Crippen LogP contribution in [-0.4, -0.2) is 33.0 Å². The lowest BCUT2D eigenvalue weighted by Gasteiger charge is -2.23. The fourth-order valence-electron chi connectivity index (χ4n) is 3.97. The number of ether oxygens (including phenoxy) is 2. The van der Waals surface area contributed by atoms with Crippen molar-refractivity contribution in [3.05, 3.63) is 57.8 Å². The lowest BCUT2D eigenvalue weighted by Crippen LogP contribution is -2.26. The third-order valence-electron chi connectivity index (χ3n) is 5.48. The van der Waals surface area contributed by atoms with Gasteiger partial charge in [0.25, 0.3) is 0 Å². The molecule has 172 valence electrons. The molecule has 1 saturated heterocycles. The number of nitrogens with zero attached hydrogens (tertiary/aromatic N) is 3. The molecular formula is C24H30ClFN4O2. The summed E-state index contributed by atoms with van der Waals surface area (Å²) in [6.07, 6.45) is 3.12. The van der Waals surface area contributed by atoms with Gasteiger partial charge in [0.05, 0.1) is 23.7 Å². The summed E-state index contributed by atoms with van der Waals surface area (Å²) in [7, 11) is 0. The van der Waals surface area contributed by atoms with Gasteiger partial charge in [-0.3, -0.25) is 0 Å². The zero-order chi connectivity index (χ0) is 22.9. The van der Waals surface area contributed by atoms with Gasteiger partial charge < -0.3 is 14.8 Å². The van der Waals surface area contributed by atoms with Gasteiger partial charge in [-0.15, -0.1) is 0 Å². The Morgan fingerprint density at radius 2 is 2.12 bits per heavy atom. The van der Waals surface area contributed by atoms with Gasteiger partial charge in [0.15, 0.2) is 17.1 Å². The molecule has 2 aromatic heterocycles. The smallest absolute Gasteiger partial charge is 0.177 e. The van der Waals surface area contributed by atoms with E-state index in [4.69, 9.17) is 26.1 Å². The van der Waals surface area contributed by atoms with Crippen molar-refractivity contribution in [2.45, 2.75) is 71.8 Å². The Balaban J connectivity index is 1.66. The van der Waals surface area contributed by atoms with Gasteiger partial charge in [0, 0.05) is 30.2 Å². The van der Waals surface area contributed by atoms with Crippen molar-refractivity contribution in [3.8, 4) is 0 Å². The lowest BCUT2D eigenvalue weighted by atomic mass is 10.0. The van der Waals surface area contributed by atoms with Crippen molar-refractivity contribution < 1.29 is 13.9 Å². The second kappa shape index (κ2) is 9.33. The first-order valence-electron chi connectivity index (χ1n) is 11.0. The standard InChI is InChI=1S/C24H30ClFN4O2/c1-15-20(30-23(27-15)19(13-21(25)29-30)28-24(2,3)4)12-16-8-7-9-18(26)17(16)14-32-22-10-5-6-11-31-22/h7-9,13,22,28H,5-6,10-12,14H2,1-4H3. The number of benzene rings is 1. The summed E-state index contributed by atoms with van der Waals surface area (Å²) in [6.45, 7) is 9.00. The molecule has 3 aromatic rings. The number of imidazole rings is 1. The van der Waals surface area contributed by atoms with Gasteiger partial charge in [-0.05, 0) is 58.6 Å². The molecule has 0 aliphatic carbocycles. The van der Waals surface area contributed by atoms with Crippen LogP contribution in [0.4, 0.5) is 10.1 Å². The third-order valence-corrected chi connectivity index (χ3v) is 5.67. The molecule has 1 aromatic carbocycles. The summed E-state index contributed by atoms with van der Waals surface area (Å²) in [6, 6.07) is 6.88. The van der Waals surface area contributed by atoms with Gasteiger partial charge in [-0.25, -0.2) is 13.9 Å². The van der Waals surface area contributed by atoms with Crippen LogP contribution in [0.15, 0.2) is 24.3 Å². The van der Waals surface area contributed by atoms with Gasteiger partial charge in [-0.1, -0.05) is 23.7 Å². The van der Waals surface area contributed by atoms with Crippen LogP contribution < -0.4 is 5.32 Å². The summed E-state index contributed by atoms with van der Waals surface area (Å²) < 4.78 is 28.1. The highest BCUT2D eigenvalue weighted by atomic mass is 35.5. The van der Waals surface area contributed by atoms with E-state index in [-0.39, 0.29) is 24.3 Å². The molecule has 0 saturated carbocycles. The summed E-state index contributed by atoms with van der Waals surface area (Å²) >= 11 is 6.34. The van der Waals surface area contributed by atoms with E-state index in [1.165, 1.54) is 6.07 Å². The summed E-state index contributed by atoms with van der Waals surface area (Å²) in [4.78, 5) is 4.74. The van der Waals surface area contributed by atoms with E-state index >= 15 is 0 Å². The average molecular weight is 461 g/mol. The maximum Gasteiger partial charge on any atom is 0.177 e. The number of aromatic nitrogens is 3. The highest BCUT2D eigenvalue weighted by Gasteiger charge is 2.21. The second-order valence-corrected chi connectivity index (χ2v) is 9.68. The quantitative estimate of drug-likeness (QED) is 0.513. The fraction of sp³-hybridized carbons (Fsp3) is 0.500. The summed E-state index contributed by atoms with van der Waals surface area (Å²) in [5.41, 5.74) is 4.39. The SMILES string of the molecule is Cc1nc2c(NC(C)(C)C)cc(Cl)nn2c1Cc1cccc(F)c1COC1CCCCO1. The first-order valence-corrected chi connectivity index (χ1v) is 11.4. The van der Waals surface area contributed by atoms with E-state index in [0.29, 0.717) is 29.4 Å². The fourth-order valence-corrected chi connectivity index (χ4v) is 4.16. The molecule has 1 N–H and O–H groups in total. The third kappa shape index (κ3) is 5.22. The molecule has 1 atom stereocenters. The number of rotatable bonds is 6. The number of hydrogen-bond acceptors (Lipinski definition) is 5. The van der Waals surface area contributed by atoms with E-state index in [9.17, 15) is 4.39 Å². The maximum atomic E-state index is 14.8. The number of halogens is 2. The van der Waals surface area contributed by atoms with Crippen LogP contribution >= 0.6 is 11.6 Å². The highest BCUT2D eigenvalue weighted by Crippen LogP contribution is 2.28. The largest absolute Gasteiger partial charge is 0.377 e. The summed E-state index contributed by atoms with van der Waals surface area (Å²) in [5.74, 6) is -0.286. The normalized spacial score (nSPS) is 17.1. The zero-order valence-corrected chi connectivity index (χ0v) is 19.8. The van der Waals surface area contributed by atoms with E-state index in [1.807, 2.05) is 13.0 Å². The molecule has 0 bridgehead atoms. The van der Waals surface area contributed by atoms with Crippen LogP contribution in [-0.2, 0) is 22.5 Å². The number of fused-ring (bicyclic) bond motifs is 1. The number of hydrogen-bond donors (Lipinski definition) is 1. The van der Waals surface area contributed by atoms with Crippen molar-refractivity contribution in [2.75, 3.05) is 11.9 Å². The second-order valence-electron chi connectivity index (χ2n) is 9.30. The van der Waals surface area contributed by atoms with Crippen LogP contribution in [0.1, 0.15) is 62.5 Å². The average Bonchev–Trinajstić information content (AvgIpc) is 3.03. The first-order chi connectivity index (χ1) is 15.2. The van der Waals surface area contributed by atoms with Crippen molar-refractivity contribution in [3.63, 3.8) is 0 Å². The van der Waals surface area contributed by atoms with E-state index in [2.05, 4.69) is 31.2 Å². The summed E-state index contributed by atoms with van der Waals surface area (Å²) in [5, 5.41) is 8.30. The molecule has 1 aliphatic rings. The van der Waals surface area contributed by atoms with E-state index in [0.717, 1.165) is 41.9 Å². The predicted octanol–water partition coefficient (Wildman–Crippen LogP) is 5.67. The minimum Gasteiger partial charge on any atom is -0.377 e. The van der Waals surface area contributed by atoms with Crippen molar-refractivity contribution in [1.82, 2.24) is 14.6 Å². The Morgan fingerprint density at radius 1 is 1.31 bits per heavy atom. The Hall–Kier alpha value is -2.22. The van der Waals surface area contributed by atoms with E-state index < -0.39 is 0 Å². The van der Waals surface area contributed by atoms with Crippen molar-refractivity contribution >= 4 is 22.9 Å². The minimum atomic E-state index is -0.286. The van der Waals surface area contributed by atoms with Crippen molar-refractivity contribution in [2.24, 2.45) is 0 Å². The van der Waals surface area contributed by atoms with Gasteiger partial charge >= 0.3 is 0 Å². The van der Waals surface area contributed by atoms with Crippen LogP contribution in [0.3, 0.4) is 0 Å². The Bertz CT molecular complexity index is 1100. The molecular weight excluding hydrogens is 431 g/mol. The number of aryl methyl sites for hydroxylation is 1. The Labute approximate surface area is 193 Å². The monoisotopic (exact) mass is 460 g/mol. The molecule has 4 rings (SSSR count). The topological polar surface area (TPSA) is 60.7 Å². The molecule has 1 unspecified atom stereocenters. The van der Waals surface area contributed by atoms with Crippen molar-refractivity contribution in [1.29, 1.82) is 0 Å². The molecule has 0 spiro atoms. The molecule has 6 nitrogen and oxygen atoms in total. The van der Waals surface area contributed by atoms with Crippen LogP contribution in [0, 0.1) is 12.7 Å².